The van der Waals surface area contributed by atoms with Crippen molar-refractivity contribution in [1.29, 1.82) is 0 Å². The predicted molar refractivity (Wildman–Crippen MR) is 95.5 cm³/mol. The number of aryl methyl sites for hydroxylation is 4. The Kier molecular flexibility index (Phi) is 5.84. The second kappa shape index (κ2) is 7.67. The molecule has 0 N–H and O–H groups in total. The molecule has 1 heterocycles. The van der Waals surface area contributed by atoms with Crippen molar-refractivity contribution in [3.05, 3.63) is 77.4 Å². The molecular weight excluding hydrogens is 316 g/mol. The first kappa shape index (κ1) is 18.3. The quantitative estimate of drug-likeness (QED) is 0.636. The summed E-state index contributed by atoms with van der Waals surface area (Å²) in [4.78, 5) is 0. The second-order valence-corrected chi connectivity index (χ2v) is 6.10. The zero-order valence-corrected chi connectivity index (χ0v) is 15.6. The summed E-state index contributed by atoms with van der Waals surface area (Å²) in [5, 5.41) is 0. The van der Waals surface area contributed by atoms with Gasteiger partial charge in [0.25, 0.3) is 6.33 Å². The molecule has 0 fully saturated rings. The highest BCUT2D eigenvalue weighted by molar-refractivity contribution is 5.47. The zero-order chi connectivity index (χ0) is 16.4. The molecule has 2 nitrogen and oxygen atoms in total. The van der Waals surface area contributed by atoms with Crippen LogP contribution in [0.1, 0.15) is 36.1 Å². The Morgan fingerprint density at radius 1 is 0.875 bits per heavy atom. The van der Waals surface area contributed by atoms with Crippen LogP contribution in [0.5, 0.6) is 0 Å². The Labute approximate surface area is 151 Å². The van der Waals surface area contributed by atoms with Gasteiger partial charge in [-0.2, -0.15) is 0 Å². The predicted octanol–water partition coefficient (Wildman–Crippen LogP) is 1.50. The molecule has 2 aromatic carbocycles. The van der Waals surface area contributed by atoms with Crippen molar-refractivity contribution in [2.45, 2.75) is 40.5 Å². The first-order chi connectivity index (χ1) is 11.2. The molecule has 0 radical (unpaired) electrons. The Morgan fingerprint density at radius 3 is 2.17 bits per heavy atom. The molecule has 0 saturated heterocycles. The van der Waals surface area contributed by atoms with Crippen LogP contribution in [0.15, 0.2) is 55.1 Å². The van der Waals surface area contributed by atoms with E-state index in [4.69, 9.17) is 0 Å². The molecule has 0 bridgehead atoms. The molecule has 3 rings (SSSR count). The summed E-state index contributed by atoms with van der Waals surface area (Å²) in [7, 11) is 0. The Balaban J connectivity index is 0.00000208. The van der Waals surface area contributed by atoms with E-state index in [1.165, 1.54) is 33.6 Å². The molecule has 0 unspecified atom stereocenters. The van der Waals surface area contributed by atoms with Gasteiger partial charge in [0.2, 0.25) is 0 Å². The van der Waals surface area contributed by atoms with Crippen LogP contribution in [-0.4, -0.2) is 4.57 Å². The normalized spacial score (nSPS) is 10.5. The molecule has 0 aliphatic carbocycles. The summed E-state index contributed by atoms with van der Waals surface area (Å²) < 4.78 is 4.50. The highest BCUT2D eigenvalue weighted by Crippen LogP contribution is 2.20. The number of nitrogens with zero attached hydrogens (tertiary/aromatic N) is 2. The van der Waals surface area contributed by atoms with Crippen LogP contribution in [0, 0.1) is 13.8 Å². The number of para-hydroxylation sites is 2. The molecule has 24 heavy (non-hydrogen) atoms. The number of rotatable bonds is 4. The van der Waals surface area contributed by atoms with Gasteiger partial charge in [-0.15, -0.1) is 0 Å². The summed E-state index contributed by atoms with van der Waals surface area (Å²) in [5.74, 6) is 0. The van der Waals surface area contributed by atoms with E-state index in [0.717, 1.165) is 12.8 Å². The average molecular weight is 341 g/mol. The lowest BCUT2D eigenvalue weighted by atomic mass is 10.1. The van der Waals surface area contributed by atoms with Gasteiger partial charge >= 0.3 is 0 Å². The van der Waals surface area contributed by atoms with Gasteiger partial charge in [-0.05, 0) is 48.9 Å². The summed E-state index contributed by atoms with van der Waals surface area (Å²) in [5.41, 5.74) is 8.00. The minimum absolute atomic E-state index is 0. The largest absolute Gasteiger partial charge is 1.00 e. The van der Waals surface area contributed by atoms with Crippen molar-refractivity contribution in [1.82, 2.24) is 4.57 Å². The third-order valence-corrected chi connectivity index (χ3v) is 4.56. The van der Waals surface area contributed by atoms with Gasteiger partial charge in [0.15, 0.2) is 0 Å². The molecule has 126 valence electrons. The number of benzene rings is 2. The maximum Gasteiger partial charge on any atom is 0.254 e. The van der Waals surface area contributed by atoms with Crippen LogP contribution in [0.2, 0.25) is 0 Å². The fourth-order valence-corrected chi connectivity index (χ4v) is 3.37. The van der Waals surface area contributed by atoms with E-state index in [2.05, 4.69) is 91.9 Å². The maximum atomic E-state index is 2.25. The summed E-state index contributed by atoms with van der Waals surface area (Å²) >= 11 is 0. The number of hydrogen-bond donors (Lipinski definition) is 0. The standard InChI is InChI=1S/C21H25N2.ClH/c1-5-18-11-7-9-16(3)20(18)22-13-14-23(15-22)21-17(4)10-8-12-19(21)6-2;/h7-15H,5-6H2,1-4H3;1H/q+1;/p-1. The molecule has 3 heteroatoms. The van der Waals surface area contributed by atoms with Gasteiger partial charge < -0.3 is 12.4 Å². The van der Waals surface area contributed by atoms with Crippen molar-refractivity contribution < 1.29 is 17.0 Å². The van der Waals surface area contributed by atoms with Gasteiger partial charge in [-0.3, -0.25) is 0 Å². The van der Waals surface area contributed by atoms with E-state index in [1.54, 1.807) is 0 Å². The smallest absolute Gasteiger partial charge is 0.254 e. The van der Waals surface area contributed by atoms with E-state index in [0.29, 0.717) is 0 Å². The lowest BCUT2D eigenvalue weighted by Crippen LogP contribution is -3.00. The van der Waals surface area contributed by atoms with Crippen molar-refractivity contribution in [2.75, 3.05) is 0 Å². The Bertz CT molecular complexity index is 766. The maximum absolute atomic E-state index is 2.25. The van der Waals surface area contributed by atoms with E-state index in [-0.39, 0.29) is 12.4 Å². The van der Waals surface area contributed by atoms with Crippen LogP contribution in [0.3, 0.4) is 0 Å². The number of hydrogen-bond acceptors (Lipinski definition) is 0. The minimum atomic E-state index is 0. The monoisotopic (exact) mass is 340 g/mol. The van der Waals surface area contributed by atoms with E-state index in [1.807, 2.05) is 0 Å². The van der Waals surface area contributed by atoms with E-state index >= 15 is 0 Å². The molecule has 3 aromatic rings. The number of imidazole rings is 1. The Morgan fingerprint density at radius 2 is 1.50 bits per heavy atom. The lowest BCUT2D eigenvalue weighted by molar-refractivity contribution is -0.595. The third kappa shape index (κ3) is 3.25. The van der Waals surface area contributed by atoms with Crippen molar-refractivity contribution in [3.8, 4) is 11.4 Å². The first-order valence-corrected chi connectivity index (χ1v) is 8.42. The molecule has 0 aliphatic heterocycles. The highest BCUT2D eigenvalue weighted by atomic mass is 35.5. The molecule has 0 atom stereocenters. The van der Waals surface area contributed by atoms with Gasteiger partial charge in [0, 0.05) is 0 Å². The van der Waals surface area contributed by atoms with Gasteiger partial charge in [0.1, 0.15) is 23.8 Å². The first-order valence-electron chi connectivity index (χ1n) is 8.42. The van der Waals surface area contributed by atoms with Crippen LogP contribution in [0.25, 0.3) is 11.4 Å². The van der Waals surface area contributed by atoms with E-state index in [9.17, 15) is 0 Å². The van der Waals surface area contributed by atoms with Gasteiger partial charge in [-0.1, -0.05) is 50.2 Å². The number of aromatic nitrogens is 2. The highest BCUT2D eigenvalue weighted by Gasteiger charge is 2.17. The van der Waals surface area contributed by atoms with Crippen molar-refractivity contribution >= 4 is 0 Å². The summed E-state index contributed by atoms with van der Waals surface area (Å²) in [6.45, 7) is 8.80. The summed E-state index contributed by atoms with van der Waals surface area (Å²) in [6.07, 6.45) is 8.60. The lowest BCUT2D eigenvalue weighted by Gasteiger charge is -2.08. The van der Waals surface area contributed by atoms with Crippen molar-refractivity contribution in [3.63, 3.8) is 0 Å². The number of halogens is 1. The fraction of sp³-hybridized carbons (Fsp3) is 0.286. The van der Waals surface area contributed by atoms with Crippen molar-refractivity contribution in [2.24, 2.45) is 0 Å². The van der Waals surface area contributed by atoms with Crippen LogP contribution in [0.4, 0.5) is 0 Å². The van der Waals surface area contributed by atoms with Crippen LogP contribution in [-0.2, 0) is 12.8 Å². The molecule has 0 aliphatic rings. The van der Waals surface area contributed by atoms with Crippen LogP contribution >= 0.6 is 0 Å². The molecular formula is C21H25ClN2. The zero-order valence-electron chi connectivity index (χ0n) is 14.9. The molecule has 1 aromatic heterocycles. The third-order valence-electron chi connectivity index (χ3n) is 4.56. The van der Waals surface area contributed by atoms with Gasteiger partial charge in [-0.25, -0.2) is 9.13 Å². The molecule has 0 amide bonds. The van der Waals surface area contributed by atoms with E-state index < -0.39 is 0 Å². The molecule has 0 spiro atoms. The SMILES string of the molecule is CCc1cccc(C)c1-n1cc[n+](-c2c(C)cccc2CC)c1.[Cl-]. The fourth-order valence-electron chi connectivity index (χ4n) is 3.37. The minimum Gasteiger partial charge on any atom is -1.00 e. The van der Waals surface area contributed by atoms with Crippen LogP contribution < -0.4 is 17.0 Å². The second-order valence-electron chi connectivity index (χ2n) is 6.10. The molecule has 0 saturated carbocycles. The average Bonchev–Trinajstić information content (AvgIpc) is 3.03. The Hall–Kier alpha value is -2.06. The summed E-state index contributed by atoms with van der Waals surface area (Å²) in [6, 6.07) is 13.1. The van der Waals surface area contributed by atoms with Gasteiger partial charge in [0.05, 0.1) is 0 Å². The topological polar surface area (TPSA) is 8.81 Å².